The Labute approximate surface area is 175 Å². The van der Waals surface area contributed by atoms with E-state index < -0.39 is 0 Å². The van der Waals surface area contributed by atoms with E-state index >= 15 is 0 Å². The van der Waals surface area contributed by atoms with Crippen molar-refractivity contribution in [1.29, 1.82) is 5.26 Å². The minimum absolute atomic E-state index is 0.0694. The molecule has 154 valence electrons. The zero-order valence-corrected chi connectivity index (χ0v) is 17.3. The van der Waals surface area contributed by atoms with E-state index in [2.05, 4.69) is 11.2 Å². The minimum atomic E-state index is -0.0715. The Morgan fingerprint density at radius 1 is 1.30 bits per heavy atom. The molecule has 30 heavy (non-hydrogen) atoms. The monoisotopic (exact) mass is 403 g/mol. The molecule has 0 spiro atoms. The molecule has 1 aromatic carbocycles. The van der Waals surface area contributed by atoms with Crippen LogP contribution in [0.4, 0.5) is 0 Å². The summed E-state index contributed by atoms with van der Waals surface area (Å²) >= 11 is 0. The van der Waals surface area contributed by atoms with Gasteiger partial charge in [0.15, 0.2) is 5.65 Å². The van der Waals surface area contributed by atoms with E-state index in [-0.39, 0.29) is 11.9 Å². The standard InChI is InChI=1S/C23H25N5O2/c1-16-21-19(23(29)28(12-6-11-24)18-9-13-30-14-10-18)15-20(17-7-4-3-5-8-17)25-22(21)27(2)26-16/h3-5,7-8,15,18H,6,9-10,12-14H2,1-2H3. The summed E-state index contributed by atoms with van der Waals surface area (Å²) in [6.07, 6.45) is 1.86. The number of pyridine rings is 1. The average Bonchev–Trinajstić information content (AvgIpc) is 3.08. The molecule has 3 aromatic rings. The van der Waals surface area contributed by atoms with Crippen LogP contribution >= 0.6 is 0 Å². The third-order valence-corrected chi connectivity index (χ3v) is 5.63. The number of benzene rings is 1. The third-order valence-electron chi connectivity index (χ3n) is 5.63. The normalized spacial score (nSPS) is 14.6. The molecule has 2 aromatic heterocycles. The van der Waals surface area contributed by atoms with E-state index in [0.717, 1.165) is 35.2 Å². The number of ether oxygens (including phenoxy) is 1. The van der Waals surface area contributed by atoms with Gasteiger partial charge in [-0.05, 0) is 25.8 Å². The van der Waals surface area contributed by atoms with Crippen LogP contribution in [0, 0.1) is 18.3 Å². The molecule has 0 unspecified atom stereocenters. The van der Waals surface area contributed by atoms with Gasteiger partial charge >= 0.3 is 0 Å². The molecule has 1 saturated heterocycles. The molecule has 0 saturated carbocycles. The summed E-state index contributed by atoms with van der Waals surface area (Å²) in [5.74, 6) is -0.0715. The van der Waals surface area contributed by atoms with E-state index in [1.807, 2.05) is 55.3 Å². The third kappa shape index (κ3) is 3.79. The molecule has 4 rings (SSSR count). The van der Waals surface area contributed by atoms with E-state index in [4.69, 9.17) is 15.0 Å². The zero-order valence-electron chi connectivity index (χ0n) is 17.3. The fourth-order valence-electron chi connectivity index (χ4n) is 4.14. The second-order valence-electron chi connectivity index (χ2n) is 7.58. The number of carbonyl (C=O) groups excluding carboxylic acids is 1. The highest BCUT2D eigenvalue weighted by molar-refractivity contribution is 6.07. The first kappa shape index (κ1) is 20.0. The maximum atomic E-state index is 13.8. The van der Waals surface area contributed by atoms with Crippen LogP contribution in [-0.4, -0.2) is 51.4 Å². The minimum Gasteiger partial charge on any atom is -0.381 e. The first-order valence-corrected chi connectivity index (χ1v) is 10.3. The first-order valence-electron chi connectivity index (χ1n) is 10.3. The lowest BCUT2D eigenvalue weighted by Gasteiger charge is -2.34. The fourth-order valence-corrected chi connectivity index (χ4v) is 4.14. The van der Waals surface area contributed by atoms with Crippen molar-refractivity contribution in [3.63, 3.8) is 0 Å². The Kier molecular flexibility index (Phi) is 5.77. The van der Waals surface area contributed by atoms with Crippen LogP contribution in [0.3, 0.4) is 0 Å². The van der Waals surface area contributed by atoms with Crippen LogP contribution < -0.4 is 0 Å². The molecule has 0 radical (unpaired) electrons. The average molecular weight is 403 g/mol. The fraction of sp³-hybridized carbons (Fsp3) is 0.391. The van der Waals surface area contributed by atoms with Gasteiger partial charge in [-0.15, -0.1) is 0 Å². The zero-order chi connectivity index (χ0) is 21.1. The van der Waals surface area contributed by atoms with E-state index in [1.165, 1.54) is 0 Å². The van der Waals surface area contributed by atoms with Crippen molar-refractivity contribution in [3.05, 3.63) is 47.7 Å². The number of rotatable bonds is 5. The van der Waals surface area contributed by atoms with Gasteiger partial charge in [-0.3, -0.25) is 9.48 Å². The van der Waals surface area contributed by atoms with E-state index in [1.54, 1.807) is 4.68 Å². The summed E-state index contributed by atoms with van der Waals surface area (Å²) in [6, 6.07) is 14.0. The van der Waals surface area contributed by atoms with Crippen molar-refractivity contribution in [1.82, 2.24) is 19.7 Å². The van der Waals surface area contributed by atoms with Gasteiger partial charge in [0.05, 0.1) is 34.8 Å². The number of nitriles is 1. The predicted molar refractivity (Wildman–Crippen MR) is 114 cm³/mol. The van der Waals surface area contributed by atoms with Gasteiger partial charge in [0.1, 0.15) is 0 Å². The number of hydrogen-bond acceptors (Lipinski definition) is 5. The van der Waals surface area contributed by atoms with Crippen LogP contribution in [0.5, 0.6) is 0 Å². The molecule has 1 aliphatic rings. The van der Waals surface area contributed by atoms with E-state index in [0.29, 0.717) is 37.4 Å². The molecular weight excluding hydrogens is 378 g/mol. The Morgan fingerprint density at radius 2 is 2.03 bits per heavy atom. The van der Waals surface area contributed by atoms with Crippen LogP contribution in [0.25, 0.3) is 22.3 Å². The Bertz CT molecular complexity index is 1090. The molecule has 0 N–H and O–H groups in total. The molecule has 0 aliphatic carbocycles. The molecule has 7 nitrogen and oxygen atoms in total. The Morgan fingerprint density at radius 3 is 2.73 bits per heavy atom. The summed E-state index contributed by atoms with van der Waals surface area (Å²) in [7, 11) is 1.84. The lowest BCUT2D eigenvalue weighted by molar-refractivity contribution is 0.0297. The summed E-state index contributed by atoms with van der Waals surface area (Å²) in [5, 5.41) is 14.4. The van der Waals surface area contributed by atoms with Crippen LogP contribution in [0.15, 0.2) is 36.4 Å². The molecular formula is C23H25N5O2. The molecule has 1 aliphatic heterocycles. The summed E-state index contributed by atoms with van der Waals surface area (Å²) in [4.78, 5) is 20.5. The van der Waals surface area contributed by atoms with Crippen molar-refractivity contribution in [2.75, 3.05) is 19.8 Å². The van der Waals surface area contributed by atoms with Crippen molar-refractivity contribution >= 4 is 16.9 Å². The van der Waals surface area contributed by atoms with Crippen molar-refractivity contribution < 1.29 is 9.53 Å². The maximum absolute atomic E-state index is 13.8. The van der Waals surface area contributed by atoms with Gasteiger partial charge in [-0.25, -0.2) is 4.98 Å². The number of carbonyl (C=O) groups is 1. The van der Waals surface area contributed by atoms with Gasteiger partial charge < -0.3 is 9.64 Å². The SMILES string of the molecule is Cc1nn(C)c2nc(-c3ccccc3)cc(C(=O)N(CCC#N)C3CCOCC3)c12. The van der Waals surface area contributed by atoms with Gasteiger partial charge in [-0.1, -0.05) is 30.3 Å². The lowest BCUT2D eigenvalue weighted by atomic mass is 10.0. The van der Waals surface area contributed by atoms with Gasteiger partial charge in [0.25, 0.3) is 5.91 Å². The van der Waals surface area contributed by atoms with Crippen LogP contribution in [0.2, 0.25) is 0 Å². The van der Waals surface area contributed by atoms with Gasteiger partial charge in [0.2, 0.25) is 0 Å². The predicted octanol–water partition coefficient (Wildman–Crippen LogP) is 3.48. The summed E-state index contributed by atoms with van der Waals surface area (Å²) < 4.78 is 7.21. The van der Waals surface area contributed by atoms with Gasteiger partial charge in [-0.2, -0.15) is 10.4 Å². The number of hydrogen-bond donors (Lipinski definition) is 0. The number of aromatic nitrogens is 3. The smallest absolute Gasteiger partial charge is 0.255 e. The summed E-state index contributed by atoms with van der Waals surface area (Å²) in [6.45, 7) is 3.57. The van der Waals surface area contributed by atoms with Crippen molar-refractivity contribution in [3.8, 4) is 17.3 Å². The van der Waals surface area contributed by atoms with Crippen molar-refractivity contribution in [2.24, 2.45) is 7.05 Å². The van der Waals surface area contributed by atoms with Crippen LogP contribution in [-0.2, 0) is 11.8 Å². The van der Waals surface area contributed by atoms with E-state index in [9.17, 15) is 4.79 Å². The highest BCUT2D eigenvalue weighted by Crippen LogP contribution is 2.29. The molecule has 0 atom stereocenters. The number of fused-ring (bicyclic) bond motifs is 1. The first-order chi connectivity index (χ1) is 14.6. The highest BCUT2D eigenvalue weighted by atomic mass is 16.5. The van der Waals surface area contributed by atoms with Crippen LogP contribution in [0.1, 0.15) is 35.3 Å². The topological polar surface area (TPSA) is 84.0 Å². The molecule has 1 amide bonds. The second-order valence-corrected chi connectivity index (χ2v) is 7.58. The van der Waals surface area contributed by atoms with Gasteiger partial charge in [0, 0.05) is 38.4 Å². The second kappa shape index (κ2) is 8.64. The maximum Gasteiger partial charge on any atom is 0.255 e. The Balaban J connectivity index is 1.84. The highest BCUT2D eigenvalue weighted by Gasteiger charge is 2.29. The largest absolute Gasteiger partial charge is 0.381 e. The number of aryl methyl sites for hydroxylation is 2. The molecule has 3 heterocycles. The molecule has 1 fully saturated rings. The Hall–Kier alpha value is -3.24. The number of amides is 1. The molecule has 0 bridgehead atoms. The lowest BCUT2D eigenvalue weighted by Crippen LogP contribution is -2.44. The quantitative estimate of drug-likeness (QED) is 0.651. The summed E-state index contributed by atoms with van der Waals surface area (Å²) in [5.41, 5.74) is 3.73. The van der Waals surface area contributed by atoms with Crippen molar-refractivity contribution in [2.45, 2.75) is 32.2 Å². The number of nitrogens with zero attached hydrogens (tertiary/aromatic N) is 5. The molecule has 7 heteroatoms.